The molecule has 1 saturated carbocycles. The smallest absolute Gasteiger partial charge is 0.323 e. The molecule has 0 radical (unpaired) electrons. The summed E-state index contributed by atoms with van der Waals surface area (Å²) in [6.07, 6.45) is 10.2. The number of ether oxygens (including phenoxy) is 2. The Morgan fingerprint density at radius 2 is 1.83 bits per heavy atom. The zero-order valence-electron chi connectivity index (χ0n) is 14.6. The van der Waals surface area contributed by atoms with E-state index in [0.717, 1.165) is 0 Å². The molecule has 2 N–H and O–H groups in total. The van der Waals surface area contributed by atoms with Gasteiger partial charge < -0.3 is 20.1 Å². The highest BCUT2D eigenvalue weighted by molar-refractivity contribution is 5.90. The van der Waals surface area contributed by atoms with E-state index in [0.29, 0.717) is 36.3 Å². The van der Waals surface area contributed by atoms with Crippen molar-refractivity contribution in [1.82, 2.24) is 5.32 Å². The molecule has 1 aromatic rings. The zero-order chi connectivity index (χ0) is 17.2. The van der Waals surface area contributed by atoms with Gasteiger partial charge >= 0.3 is 6.03 Å². The van der Waals surface area contributed by atoms with Crippen molar-refractivity contribution in [2.45, 2.75) is 46.0 Å². The number of amides is 2. The van der Waals surface area contributed by atoms with Crippen molar-refractivity contribution in [3.8, 4) is 11.5 Å². The summed E-state index contributed by atoms with van der Waals surface area (Å²) in [5.74, 6) is 1.91. The number of allylic oxidation sites excluding steroid dienone is 1. The first-order valence-electron chi connectivity index (χ1n) is 8.86. The van der Waals surface area contributed by atoms with Crippen LogP contribution in [0.3, 0.4) is 0 Å². The van der Waals surface area contributed by atoms with Crippen molar-refractivity contribution in [1.29, 1.82) is 0 Å². The lowest BCUT2D eigenvalue weighted by molar-refractivity contribution is 0.255. The fourth-order valence-corrected chi connectivity index (χ4v) is 2.88. The Hall–Kier alpha value is -2.17. The summed E-state index contributed by atoms with van der Waals surface area (Å²) in [6.45, 7) is 4.95. The van der Waals surface area contributed by atoms with E-state index in [1.165, 1.54) is 32.1 Å². The van der Waals surface area contributed by atoms with Crippen molar-refractivity contribution in [3.05, 3.63) is 30.5 Å². The van der Waals surface area contributed by atoms with Gasteiger partial charge in [-0.3, -0.25) is 0 Å². The summed E-state index contributed by atoms with van der Waals surface area (Å²) in [7, 11) is 0. The Morgan fingerprint density at radius 1 is 1.12 bits per heavy atom. The fraction of sp³-hybridized carbons (Fsp3) is 0.526. The Balaban J connectivity index is 1.88. The van der Waals surface area contributed by atoms with Crippen LogP contribution in [-0.2, 0) is 0 Å². The quantitative estimate of drug-likeness (QED) is 0.761. The number of nitrogens with one attached hydrogen (secondary N) is 2. The minimum Gasteiger partial charge on any atom is -0.490 e. The molecular weight excluding hydrogens is 304 g/mol. The second-order valence-electron chi connectivity index (χ2n) is 5.88. The standard InChI is InChI=1S/C19H28N2O3/c1-3-23-17-11-10-16(14-18(17)24-4-2)21-19(22)20-13-12-15-8-6-5-7-9-15/h10-15H,3-9H2,1-2H3,(H2,20,21,22)/b13-12+. The lowest BCUT2D eigenvalue weighted by atomic mass is 9.89. The van der Waals surface area contributed by atoms with Crippen LogP contribution in [0, 0.1) is 5.92 Å². The van der Waals surface area contributed by atoms with E-state index < -0.39 is 0 Å². The third kappa shape index (κ3) is 5.80. The molecule has 0 spiro atoms. The topological polar surface area (TPSA) is 59.6 Å². The summed E-state index contributed by atoms with van der Waals surface area (Å²) in [5, 5.41) is 5.58. The van der Waals surface area contributed by atoms with Gasteiger partial charge in [0.2, 0.25) is 0 Å². The first-order chi connectivity index (χ1) is 11.7. The zero-order valence-corrected chi connectivity index (χ0v) is 14.6. The molecule has 0 bridgehead atoms. The van der Waals surface area contributed by atoms with E-state index in [9.17, 15) is 4.79 Å². The van der Waals surface area contributed by atoms with Crippen molar-refractivity contribution < 1.29 is 14.3 Å². The van der Waals surface area contributed by atoms with Crippen molar-refractivity contribution >= 4 is 11.7 Å². The maximum Gasteiger partial charge on any atom is 0.323 e. The van der Waals surface area contributed by atoms with E-state index in [4.69, 9.17) is 9.47 Å². The van der Waals surface area contributed by atoms with Gasteiger partial charge in [0, 0.05) is 18.0 Å². The van der Waals surface area contributed by atoms with Crippen LogP contribution < -0.4 is 20.1 Å². The predicted molar refractivity (Wildman–Crippen MR) is 96.6 cm³/mol. The van der Waals surface area contributed by atoms with Crippen molar-refractivity contribution in [2.75, 3.05) is 18.5 Å². The Kier molecular flexibility index (Phi) is 7.46. The fourth-order valence-electron chi connectivity index (χ4n) is 2.88. The van der Waals surface area contributed by atoms with Crippen LogP contribution in [0.2, 0.25) is 0 Å². The van der Waals surface area contributed by atoms with Gasteiger partial charge in [-0.1, -0.05) is 25.3 Å². The van der Waals surface area contributed by atoms with Crippen LogP contribution in [0.25, 0.3) is 0 Å². The molecule has 5 heteroatoms. The van der Waals surface area contributed by atoms with Gasteiger partial charge in [-0.15, -0.1) is 0 Å². The van der Waals surface area contributed by atoms with Crippen LogP contribution >= 0.6 is 0 Å². The van der Waals surface area contributed by atoms with Crippen LogP contribution in [0.4, 0.5) is 10.5 Å². The molecule has 0 heterocycles. The van der Waals surface area contributed by atoms with E-state index in [1.54, 1.807) is 18.3 Å². The predicted octanol–water partition coefficient (Wildman–Crippen LogP) is 4.70. The number of hydrogen-bond donors (Lipinski definition) is 2. The number of rotatable bonds is 7. The molecule has 0 aromatic heterocycles. The largest absolute Gasteiger partial charge is 0.490 e. The molecule has 1 aliphatic rings. The van der Waals surface area contributed by atoms with E-state index in [1.807, 2.05) is 19.9 Å². The van der Waals surface area contributed by atoms with Crippen LogP contribution in [-0.4, -0.2) is 19.2 Å². The second kappa shape index (κ2) is 9.85. The van der Waals surface area contributed by atoms with Gasteiger partial charge in [0.1, 0.15) is 0 Å². The third-order valence-corrected chi connectivity index (χ3v) is 4.03. The lowest BCUT2D eigenvalue weighted by Crippen LogP contribution is -2.24. The average molecular weight is 332 g/mol. The molecule has 1 aliphatic carbocycles. The molecule has 2 rings (SSSR count). The molecule has 5 nitrogen and oxygen atoms in total. The molecule has 1 fully saturated rings. The highest BCUT2D eigenvalue weighted by Gasteiger charge is 2.10. The number of anilines is 1. The van der Waals surface area contributed by atoms with E-state index in [2.05, 4.69) is 16.7 Å². The van der Waals surface area contributed by atoms with Gasteiger partial charge in [-0.05, 0) is 44.7 Å². The molecule has 24 heavy (non-hydrogen) atoms. The number of benzene rings is 1. The summed E-state index contributed by atoms with van der Waals surface area (Å²) in [6, 6.07) is 5.13. The first-order valence-corrected chi connectivity index (χ1v) is 8.86. The molecule has 1 aromatic carbocycles. The van der Waals surface area contributed by atoms with Gasteiger partial charge in [0.25, 0.3) is 0 Å². The Labute approximate surface area is 144 Å². The normalized spacial score (nSPS) is 15.2. The van der Waals surface area contributed by atoms with Crippen LogP contribution in [0.1, 0.15) is 46.0 Å². The highest BCUT2D eigenvalue weighted by Crippen LogP contribution is 2.30. The second-order valence-corrected chi connectivity index (χ2v) is 5.88. The molecule has 0 unspecified atom stereocenters. The molecule has 0 atom stereocenters. The van der Waals surface area contributed by atoms with Crippen LogP contribution in [0.15, 0.2) is 30.5 Å². The molecule has 0 saturated heterocycles. The third-order valence-electron chi connectivity index (χ3n) is 4.03. The molecular formula is C19H28N2O3. The summed E-state index contributed by atoms with van der Waals surface area (Å²) >= 11 is 0. The van der Waals surface area contributed by atoms with Crippen LogP contribution in [0.5, 0.6) is 11.5 Å². The number of carbonyl (C=O) groups is 1. The SMILES string of the molecule is CCOc1ccc(NC(=O)N/C=C/C2CCCCC2)cc1OCC. The van der Waals surface area contributed by atoms with Crippen molar-refractivity contribution in [3.63, 3.8) is 0 Å². The lowest BCUT2D eigenvalue weighted by Gasteiger charge is -2.17. The monoisotopic (exact) mass is 332 g/mol. The van der Waals surface area contributed by atoms with Crippen molar-refractivity contribution in [2.24, 2.45) is 5.92 Å². The average Bonchev–Trinajstić information content (AvgIpc) is 2.58. The van der Waals surface area contributed by atoms with E-state index in [-0.39, 0.29) is 6.03 Å². The Morgan fingerprint density at radius 3 is 2.54 bits per heavy atom. The van der Waals surface area contributed by atoms with Gasteiger partial charge in [-0.2, -0.15) is 0 Å². The minimum absolute atomic E-state index is 0.256. The maximum atomic E-state index is 12.0. The minimum atomic E-state index is -0.256. The van der Waals surface area contributed by atoms with Gasteiger partial charge in [0.05, 0.1) is 13.2 Å². The molecule has 2 amide bonds. The summed E-state index contributed by atoms with van der Waals surface area (Å²) < 4.78 is 11.1. The first kappa shape index (κ1) is 18.2. The maximum absolute atomic E-state index is 12.0. The van der Waals surface area contributed by atoms with Gasteiger partial charge in [0.15, 0.2) is 11.5 Å². The molecule has 132 valence electrons. The van der Waals surface area contributed by atoms with Gasteiger partial charge in [-0.25, -0.2) is 4.79 Å². The van der Waals surface area contributed by atoms with E-state index >= 15 is 0 Å². The summed E-state index contributed by atoms with van der Waals surface area (Å²) in [4.78, 5) is 12.0. The summed E-state index contributed by atoms with van der Waals surface area (Å²) in [5.41, 5.74) is 0.672. The molecule has 0 aliphatic heterocycles. The number of carbonyl (C=O) groups excluding carboxylic acids is 1. The number of urea groups is 1. The Bertz CT molecular complexity index is 552. The number of hydrogen-bond acceptors (Lipinski definition) is 3. The highest BCUT2D eigenvalue weighted by atomic mass is 16.5.